The number of benzene rings is 2. The standard InChI is InChI=1S/C25H24BrN3O2S2/c1-4-8-20-16(3)22-23(33-20)28-25(29(24(22)31)18-9-6-5-7-10-18)32-14-21(30)27-19-12-11-17(26)13-15(19)2/h5-7,9-13H,4,8,14H2,1-3H3,(H,27,30). The second-order valence-electron chi connectivity index (χ2n) is 7.75. The Morgan fingerprint density at radius 3 is 2.64 bits per heavy atom. The number of nitrogens with zero attached hydrogens (tertiary/aromatic N) is 2. The zero-order chi connectivity index (χ0) is 23.5. The fourth-order valence-electron chi connectivity index (χ4n) is 3.66. The molecule has 0 aliphatic carbocycles. The first-order valence-corrected chi connectivity index (χ1v) is 13.3. The Morgan fingerprint density at radius 2 is 1.94 bits per heavy atom. The van der Waals surface area contributed by atoms with Crippen molar-refractivity contribution in [2.75, 3.05) is 11.1 Å². The molecule has 0 unspecified atom stereocenters. The molecule has 4 rings (SSSR count). The van der Waals surface area contributed by atoms with Crippen LogP contribution in [0.15, 0.2) is 63.0 Å². The number of carbonyl (C=O) groups is 1. The van der Waals surface area contributed by atoms with E-state index in [1.807, 2.05) is 62.4 Å². The van der Waals surface area contributed by atoms with Crippen LogP contribution in [0.5, 0.6) is 0 Å². The third-order valence-electron chi connectivity index (χ3n) is 5.32. The van der Waals surface area contributed by atoms with Crippen molar-refractivity contribution in [1.29, 1.82) is 0 Å². The number of amides is 1. The topological polar surface area (TPSA) is 64.0 Å². The maximum atomic E-state index is 13.6. The van der Waals surface area contributed by atoms with E-state index in [0.29, 0.717) is 10.5 Å². The minimum atomic E-state index is -0.145. The first-order valence-electron chi connectivity index (χ1n) is 10.7. The molecule has 4 aromatic rings. The average Bonchev–Trinajstić information content (AvgIpc) is 3.10. The van der Waals surface area contributed by atoms with Crippen LogP contribution in [-0.2, 0) is 11.2 Å². The highest BCUT2D eigenvalue weighted by Gasteiger charge is 2.20. The van der Waals surface area contributed by atoms with E-state index in [-0.39, 0.29) is 17.2 Å². The van der Waals surface area contributed by atoms with Gasteiger partial charge < -0.3 is 5.32 Å². The van der Waals surface area contributed by atoms with Crippen LogP contribution in [0.25, 0.3) is 15.9 Å². The Balaban J connectivity index is 1.69. The summed E-state index contributed by atoms with van der Waals surface area (Å²) in [6.07, 6.45) is 1.94. The Morgan fingerprint density at radius 1 is 1.18 bits per heavy atom. The summed E-state index contributed by atoms with van der Waals surface area (Å²) in [5, 5.41) is 4.15. The summed E-state index contributed by atoms with van der Waals surface area (Å²) in [6, 6.07) is 15.2. The monoisotopic (exact) mass is 541 g/mol. The molecule has 0 atom stereocenters. The van der Waals surface area contributed by atoms with Crippen LogP contribution in [0.4, 0.5) is 5.69 Å². The maximum absolute atomic E-state index is 13.6. The van der Waals surface area contributed by atoms with Gasteiger partial charge in [0.1, 0.15) is 4.83 Å². The first-order chi connectivity index (χ1) is 15.9. The molecular formula is C25H24BrN3O2S2. The first kappa shape index (κ1) is 23.7. The number of hydrogen-bond donors (Lipinski definition) is 1. The lowest BCUT2D eigenvalue weighted by molar-refractivity contribution is -0.113. The number of aryl methyl sites for hydroxylation is 3. The lowest BCUT2D eigenvalue weighted by atomic mass is 10.1. The van der Waals surface area contributed by atoms with Gasteiger partial charge in [0, 0.05) is 15.0 Å². The fourth-order valence-corrected chi connectivity index (χ4v) is 6.27. The Labute approximate surface area is 209 Å². The Hall–Kier alpha value is -2.42. The number of rotatable bonds is 7. The number of anilines is 1. The van der Waals surface area contributed by atoms with Crippen molar-refractivity contribution in [3.63, 3.8) is 0 Å². The summed E-state index contributed by atoms with van der Waals surface area (Å²) in [5.41, 5.74) is 3.41. The van der Waals surface area contributed by atoms with E-state index in [9.17, 15) is 9.59 Å². The summed E-state index contributed by atoms with van der Waals surface area (Å²) < 4.78 is 2.59. The zero-order valence-electron chi connectivity index (χ0n) is 18.6. The van der Waals surface area contributed by atoms with E-state index in [1.54, 1.807) is 15.9 Å². The van der Waals surface area contributed by atoms with Crippen LogP contribution in [0, 0.1) is 13.8 Å². The SMILES string of the molecule is CCCc1sc2nc(SCC(=O)Nc3ccc(Br)cc3C)n(-c3ccccc3)c(=O)c2c1C. The summed E-state index contributed by atoms with van der Waals surface area (Å²) >= 11 is 6.29. The van der Waals surface area contributed by atoms with Gasteiger partial charge in [-0.05, 0) is 61.7 Å². The highest BCUT2D eigenvalue weighted by molar-refractivity contribution is 9.10. The van der Waals surface area contributed by atoms with Gasteiger partial charge in [0.15, 0.2) is 5.16 Å². The number of fused-ring (bicyclic) bond motifs is 1. The molecule has 33 heavy (non-hydrogen) atoms. The smallest absolute Gasteiger partial charge is 0.267 e. The number of thiophene rings is 1. The van der Waals surface area contributed by atoms with Crippen LogP contribution in [0.1, 0.15) is 29.3 Å². The van der Waals surface area contributed by atoms with Crippen molar-refractivity contribution in [1.82, 2.24) is 9.55 Å². The van der Waals surface area contributed by atoms with Gasteiger partial charge in [-0.15, -0.1) is 11.3 Å². The molecule has 8 heteroatoms. The second kappa shape index (κ2) is 10.2. The van der Waals surface area contributed by atoms with E-state index in [2.05, 4.69) is 28.2 Å². The van der Waals surface area contributed by atoms with Gasteiger partial charge in [-0.3, -0.25) is 14.2 Å². The van der Waals surface area contributed by atoms with Gasteiger partial charge in [-0.1, -0.05) is 59.2 Å². The van der Waals surface area contributed by atoms with Crippen LogP contribution >= 0.6 is 39.0 Å². The molecule has 170 valence electrons. The number of nitrogens with one attached hydrogen (secondary N) is 1. The van der Waals surface area contributed by atoms with Crippen LogP contribution in [0.2, 0.25) is 0 Å². The molecule has 0 aliphatic rings. The molecular weight excluding hydrogens is 518 g/mol. The van der Waals surface area contributed by atoms with Crippen LogP contribution < -0.4 is 10.9 Å². The van der Waals surface area contributed by atoms with Crippen LogP contribution in [-0.4, -0.2) is 21.2 Å². The molecule has 0 radical (unpaired) electrons. The van der Waals surface area contributed by atoms with E-state index >= 15 is 0 Å². The van der Waals surface area contributed by atoms with Gasteiger partial charge in [0.05, 0.1) is 16.8 Å². The molecule has 2 heterocycles. The quantitative estimate of drug-likeness (QED) is 0.214. The predicted molar refractivity (Wildman–Crippen MR) is 142 cm³/mol. The van der Waals surface area contributed by atoms with E-state index in [1.165, 1.54) is 16.6 Å². The third-order valence-corrected chi connectivity index (χ3v) is 8.00. The average molecular weight is 543 g/mol. The summed E-state index contributed by atoms with van der Waals surface area (Å²) in [6.45, 7) is 6.08. The van der Waals surface area contributed by atoms with Crippen molar-refractivity contribution in [2.45, 2.75) is 38.8 Å². The number of thioether (sulfide) groups is 1. The van der Waals surface area contributed by atoms with E-state index in [4.69, 9.17) is 4.98 Å². The minimum absolute atomic E-state index is 0.0889. The number of hydrogen-bond acceptors (Lipinski definition) is 5. The molecule has 0 aliphatic heterocycles. The predicted octanol–water partition coefficient (Wildman–Crippen LogP) is 6.51. The lowest BCUT2D eigenvalue weighted by Crippen LogP contribution is -2.23. The number of aromatic nitrogens is 2. The molecule has 0 saturated carbocycles. The largest absolute Gasteiger partial charge is 0.325 e. The van der Waals surface area contributed by atoms with Crippen LogP contribution in [0.3, 0.4) is 0 Å². The van der Waals surface area contributed by atoms with Crippen molar-refractivity contribution in [3.8, 4) is 5.69 Å². The molecule has 0 saturated heterocycles. The molecule has 2 aromatic heterocycles. The molecule has 1 amide bonds. The van der Waals surface area contributed by atoms with E-state index in [0.717, 1.165) is 44.6 Å². The highest BCUT2D eigenvalue weighted by Crippen LogP contribution is 2.31. The zero-order valence-corrected chi connectivity index (χ0v) is 21.9. The van der Waals surface area contributed by atoms with Gasteiger partial charge >= 0.3 is 0 Å². The maximum Gasteiger partial charge on any atom is 0.267 e. The number of carbonyl (C=O) groups excluding carboxylic acids is 1. The summed E-state index contributed by atoms with van der Waals surface area (Å²) in [4.78, 5) is 33.1. The van der Waals surface area contributed by atoms with Gasteiger partial charge in [0.25, 0.3) is 5.56 Å². The second-order valence-corrected chi connectivity index (χ2v) is 10.7. The Kier molecular flexibility index (Phi) is 7.36. The molecule has 0 spiro atoms. The van der Waals surface area contributed by atoms with Crippen molar-refractivity contribution < 1.29 is 4.79 Å². The van der Waals surface area contributed by atoms with Crippen molar-refractivity contribution in [3.05, 3.63) is 79.4 Å². The number of para-hydroxylation sites is 1. The Bertz CT molecular complexity index is 1380. The molecule has 2 aromatic carbocycles. The molecule has 5 nitrogen and oxygen atoms in total. The van der Waals surface area contributed by atoms with Gasteiger partial charge in [0.2, 0.25) is 5.91 Å². The normalized spacial score (nSPS) is 11.2. The van der Waals surface area contributed by atoms with Gasteiger partial charge in [-0.25, -0.2) is 4.98 Å². The number of halogens is 1. The van der Waals surface area contributed by atoms with Crippen molar-refractivity contribution >= 4 is 60.8 Å². The van der Waals surface area contributed by atoms with E-state index < -0.39 is 0 Å². The lowest BCUT2D eigenvalue weighted by Gasteiger charge is -2.13. The molecule has 0 bridgehead atoms. The fraction of sp³-hybridized carbons (Fsp3) is 0.240. The summed E-state index contributed by atoms with van der Waals surface area (Å²) in [7, 11) is 0. The highest BCUT2D eigenvalue weighted by atomic mass is 79.9. The summed E-state index contributed by atoms with van der Waals surface area (Å²) in [5.74, 6) is 0.000308. The third kappa shape index (κ3) is 5.08. The minimum Gasteiger partial charge on any atom is -0.325 e. The van der Waals surface area contributed by atoms with Gasteiger partial charge in [-0.2, -0.15) is 0 Å². The van der Waals surface area contributed by atoms with Crippen molar-refractivity contribution in [2.24, 2.45) is 0 Å². The molecule has 0 fully saturated rings. The molecule has 1 N–H and O–H groups in total.